The number of para-hydroxylation sites is 2. The van der Waals surface area contributed by atoms with E-state index in [1.54, 1.807) is 17.0 Å². The molecule has 3 aromatic rings. The zero-order valence-corrected chi connectivity index (χ0v) is 18.4. The average molecular weight is 464 g/mol. The average Bonchev–Trinajstić information content (AvgIpc) is 3.11. The molecule has 5 nitrogen and oxygen atoms in total. The molecule has 0 unspecified atom stereocenters. The van der Waals surface area contributed by atoms with Crippen LogP contribution in [0, 0.1) is 0 Å². The highest BCUT2D eigenvalue weighted by atomic mass is 19.4. The van der Waals surface area contributed by atoms with Crippen LogP contribution in [0.3, 0.4) is 0 Å². The minimum atomic E-state index is -4.47. The van der Waals surface area contributed by atoms with Crippen LogP contribution in [0.1, 0.15) is 11.1 Å². The maximum Gasteiger partial charge on any atom is 0.416 e. The predicted octanol–water partition coefficient (Wildman–Crippen LogP) is 4.95. The van der Waals surface area contributed by atoms with Gasteiger partial charge < -0.3 is 4.90 Å². The van der Waals surface area contributed by atoms with E-state index in [1.807, 2.05) is 30.3 Å². The molecule has 0 N–H and O–H groups in total. The Morgan fingerprint density at radius 1 is 0.824 bits per heavy atom. The molecule has 0 saturated carbocycles. The van der Waals surface area contributed by atoms with Gasteiger partial charge in [0.25, 0.3) is 5.91 Å². The van der Waals surface area contributed by atoms with E-state index in [9.17, 15) is 18.0 Å². The van der Waals surface area contributed by atoms with Crippen molar-refractivity contribution in [2.45, 2.75) is 6.18 Å². The lowest BCUT2D eigenvalue weighted by molar-refractivity contribution is -0.137. The maximum atomic E-state index is 13.3. The van der Waals surface area contributed by atoms with Crippen LogP contribution < -0.4 is 9.80 Å². The summed E-state index contributed by atoms with van der Waals surface area (Å²) in [6.45, 7) is 3.68. The van der Waals surface area contributed by atoms with Crippen LogP contribution in [0.25, 0.3) is 0 Å². The van der Waals surface area contributed by atoms with Crippen LogP contribution in [-0.4, -0.2) is 49.4 Å². The third-order valence-electron chi connectivity index (χ3n) is 6.15. The molecule has 1 amide bonds. The van der Waals surface area contributed by atoms with Crippen molar-refractivity contribution in [3.8, 4) is 0 Å². The van der Waals surface area contributed by atoms with Gasteiger partial charge in [0.1, 0.15) is 5.71 Å². The summed E-state index contributed by atoms with van der Waals surface area (Å²) >= 11 is 0. The van der Waals surface area contributed by atoms with E-state index in [4.69, 9.17) is 0 Å². The second-order valence-corrected chi connectivity index (χ2v) is 8.34. The molecule has 2 aliphatic rings. The van der Waals surface area contributed by atoms with E-state index in [1.165, 1.54) is 17.8 Å². The van der Waals surface area contributed by atoms with E-state index in [0.717, 1.165) is 44.0 Å². The molecular weight excluding hydrogens is 441 g/mol. The lowest BCUT2D eigenvalue weighted by Crippen LogP contribution is -2.51. The van der Waals surface area contributed by atoms with Crippen LogP contribution in [0.15, 0.2) is 83.9 Å². The first-order valence-electron chi connectivity index (χ1n) is 11.1. The molecule has 8 heteroatoms. The SMILES string of the molecule is O=C1C(=Nc2cccc(C(F)(F)F)c2)c2ccccc2N1CN1CCN(c2ccccc2)CC1. The second kappa shape index (κ2) is 8.95. The summed E-state index contributed by atoms with van der Waals surface area (Å²) in [5, 5.41) is 0. The number of benzene rings is 3. The van der Waals surface area contributed by atoms with Crippen molar-refractivity contribution in [1.82, 2.24) is 4.90 Å². The van der Waals surface area contributed by atoms with Crippen LogP contribution in [-0.2, 0) is 11.0 Å². The number of halogens is 3. The molecule has 0 atom stereocenters. The molecular formula is C26H23F3N4O. The van der Waals surface area contributed by atoms with Gasteiger partial charge in [0, 0.05) is 37.4 Å². The van der Waals surface area contributed by atoms with Crippen LogP contribution in [0.5, 0.6) is 0 Å². The van der Waals surface area contributed by atoms with Gasteiger partial charge in [0.05, 0.1) is 23.6 Å². The summed E-state index contributed by atoms with van der Waals surface area (Å²) in [5.74, 6) is -0.302. The Morgan fingerprint density at radius 3 is 2.26 bits per heavy atom. The molecule has 0 spiro atoms. The lowest BCUT2D eigenvalue weighted by atomic mass is 10.1. The quantitative estimate of drug-likeness (QED) is 0.548. The maximum absolute atomic E-state index is 13.3. The third-order valence-corrected chi connectivity index (χ3v) is 6.15. The molecule has 174 valence electrons. The largest absolute Gasteiger partial charge is 0.416 e. The molecule has 1 saturated heterocycles. The number of fused-ring (bicyclic) bond motifs is 1. The summed E-state index contributed by atoms with van der Waals surface area (Å²) < 4.78 is 39.4. The summed E-state index contributed by atoms with van der Waals surface area (Å²) in [6, 6.07) is 22.2. The van der Waals surface area contributed by atoms with Gasteiger partial charge in [-0.15, -0.1) is 0 Å². The lowest BCUT2D eigenvalue weighted by Gasteiger charge is -2.37. The number of anilines is 2. The van der Waals surface area contributed by atoms with E-state index >= 15 is 0 Å². The fourth-order valence-electron chi connectivity index (χ4n) is 4.38. The Balaban J connectivity index is 1.35. The van der Waals surface area contributed by atoms with Crippen molar-refractivity contribution in [3.63, 3.8) is 0 Å². The second-order valence-electron chi connectivity index (χ2n) is 8.34. The first-order valence-corrected chi connectivity index (χ1v) is 11.1. The van der Waals surface area contributed by atoms with Crippen molar-refractivity contribution >= 4 is 28.7 Å². The monoisotopic (exact) mass is 464 g/mol. The van der Waals surface area contributed by atoms with Crippen LogP contribution in [0.4, 0.5) is 30.2 Å². The number of aliphatic imine (C=N–C) groups is 1. The molecule has 0 bridgehead atoms. The van der Waals surface area contributed by atoms with Crippen molar-refractivity contribution in [2.24, 2.45) is 4.99 Å². The van der Waals surface area contributed by atoms with Gasteiger partial charge in [0.15, 0.2) is 0 Å². The van der Waals surface area contributed by atoms with E-state index in [0.29, 0.717) is 12.2 Å². The molecule has 0 aliphatic carbocycles. The molecule has 1 fully saturated rings. The minimum absolute atomic E-state index is 0.103. The number of hydrogen-bond acceptors (Lipinski definition) is 4. The Morgan fingerprint density at radius 2 is 1.53 bits per heavy atom. The van der Waals surface area contributed by atoms with E-state index in [2.05, 4.69) is 26.9 Å². The zero-order chi connectivity index (χ0) is 23.7. The Bertz CT molecular complexity index is 1220. The smallest absolute Gasteiger partial charge is 0.369 e. The fraction of sp³-hybridized carbons (Fsp3) is 0.231. The number of alkyl halides is 3. The van der Waals surface area contributed by atoms with Gasteiger partial charge in [-0.25, -0.2) is 4.99 Å². The number of hydrogen-bond donors (Lipinski definition) is 0. The first kappa shape index (κ1) is 22.2. The Labute approximate surface area is 195 Å². The van der Waals surface area contributed by atoms with Gasteiger partial charge in [-0.05, 0) is 36.4 Å². The topological polar surface area (TPSA) is 39.2 Å². The summed E-state index contributed by atoms with van der Waals surface area (Å²) in [5.41, 5.74) is 2.02. The zero-order valence-electron chi connectivity index (χ0n) is 18.4. The molecule has 34 heavy (non-hydrogen) atoms. The highest BCUT2D eigenvalue weighted by Crippen LogP contribution is 2.34. The number of nitrogens with zero attached hydrogens (tertiary/aromatic N) is 4. The fourth-order valence-corrected chi connectivity index (χ4v) is 4.38. The van der Waals surface area contributed by atoms with Crippen molar-refractivity contribution < 1.29 is 18.0 Å². The molecule has 5 rings (SSSR count). The molecule has 3 aromatic carbocycles. The number of amides is 1. The first-order chi connectivity index (χ1) is 16.4. The minimum Gasteiger partial charge on any atom is -0.369 e. The normalized spacial score (nSPS) is 18.0. The predicted molar refractivity (Wildman–Crippen MR) is 127 cm³/mol. The Hall–Kier alpha value is -3.65. The standard InChI is InChI=1S/C26H23F3N4O/c27-26(28,29)19-7-6-8-20(17-19)30-24-22-11-4-5-12-23(22)33(25(24)34)18-31-13-15-32(16-14-31)21-9-2-1-3-10-21/h1-12,17H,13-16,18H2. The van der Waals surface area contributed by atoms with Gasteiger partial charge >= 0.3 is 6.18 Å². The Kier molecular flexibility index (Phi) is 5.83. The number of carbonyl (C=O) groups excluding carboxylic acids is 1. The van der Waals surface area contributed by atoms with Crippen molar-refractivity contribution in [1.29, 1.82) is 0 Å². The highest BCUT2D eigenvalue weighted by molar-refractivity contribution is 6.54. The summed E-state index contributed by atoms with van der Waals surface area (Å²) in [4.78, 5) is 23.9. The number of carbonyl (C=O) groups is 1. The van der Waals surface area contributed by atoms with Gasteiger partial charge in [-0.2, -0.15) is 13.2 Å². The van der Waals surface area contributed by atoms with Crippen molar-refractivity contribution in [2.75, 3.05) is 42.6 Å². The molecule has 0 radical (unpaired) electrons. The van der Waals surface area contributed by atoms with Crippen molar-refractivity contribution in [3.05, 3.63) is 90.0 Å². The molecule has 0 aromatic heterocycles. The summed E-state index contributed by atoms with van der Waals surface area (Å²) in [7, 11) is 0. The highest BCUT2D eigenvalue weighted by Gasteiger charge is 2.35. The van der Waals surface area contributed by atoms with Gasteiger partial charge in [-0.3, -0.25) is 14.6 Å². The van der Waals surface area contributed by atoms with Crippen LogP contribution in [0.2, 0.25) is 0 Å². The summed E-state index contributed by atoms with van der Waals surface area (Å²) in [6.07, 6.45) is -4.47. The van der Waals surface area contributed by atoms with Crippen LogP contribution >= 0.6 is 0 Å². The van der Waals surface area contributed by atoms with E-state index in [-0.39, 0.29) is 17.3 Å². The molecule has 2 heterocycles. The number of rotatable bonds is 4. The van der Waals surface area contributed by atoms with Gasteiger partial charge in [-0.1, -0.05) is 42.5 Å². The van der Waals surface area contributed by atoms with E-state index < -0.39 is 11.7 Å². The number of piperazine rings is 1. The third kappa shape index (κ3) is 4.41. The van der Waals surface area contributed by atoms with Gasteiger partial charge in [0.2, 0.25) is 0 Å². The molecule has 2 aliphatic heterocycles.